The molecule has 5 nitrogen and oxygen atoms in total. The first kappa shape index (κ1) is 15.5. The van der Waals surface area contributed by atoms with Gasteiger partial charge in [0, 0.05) is 19.1 Å². The maximum absolute atomic E-state index is 12.9. The molecule has 22 heavy (non-hydrogen) atoms. The van der Waals surface area contributed by atoms with Crippen LogP contribution < -0.4 is 0 Å². The molecule has 2 fully saturated rings. The predicted molar refractivity (Wildman–Crippen MR) is 83.6 cm³/mol. The van der Waals surface area contributed by atoms with Gasteiger partial charge in [0.15, 0.2) is 0 Å². The summed E-state index contributed by atoms with van der Waals surface area (Å²) < 4.78 is 27.4. The molecule has 1 aromatic rings. The third-order valence-corrected chi connectivity index (χ3v) is 6.71. The second kappa shape index (κ2) is 5.65. The van der Waals surface area contributed by atoms with Gasteiger partial charge in [-0.05, 0) is 50.9 Å². The predicted octanol–water partition coefficient (Wildman–Crippen LogP) is 1.52. The van der Waals surface area contributed by atoms with E-state index < -0.39 is 10.0 Å². The van der Waals surface area contributed by atoms with E-state index in [9.17, 15) is 13.7 Å². The second-order valence-corrected chi connectivity index (χ2v) is 8.37. The number of likely N-dealkylation sites (N-methyl/N-ethyl adjacent to an activating group) is 1. The molecule has 0 radical (unpaired) electrons. The molecule has 0 spiro atoms. The molecule has 1 saturated heterocycles. The second-order valence-electron chi connectivity index (χ2n) is 6.46. The fourth-order valence-electron chi connectivity index (χ4n) is 3.43. The summed E-state index contributed by atoms with van der Waals surface area (Å²) in [5.74, 6) is 1.05. The zero-order valence-electron chi connectivity index (χ0n) is 12.9. The Labute approximate surface area is 132 Å². The van der Waals surface area contributed by atoms with Crippen LogP contribution in [0.4, 0.5) is 0 Å². The fourth-order valence-corrected chi connectivity index (χ4v) is 5.07. The minimum absolute atomic E-state index is 0.131. The molecule has 2 atom stereocenters. The lowest BCUT2D eigenvalue weighted by Crippen LogP contribution is -2.37. The number of rotatable bonds is 4. The third kappa shape index (κ3) is 2.65. The lowest BCUT2D eigenvalue weighted by molar-refractivity contribution is 0.237. The zero-order valence-corrected chi connectivity index (χ0v) is 13.8. The molecule has 1 aliphatic heterocycles. The summed E-state index contributed by atoms with van der Waals surface area (Å²) in [4.78, 5) is 2.26. The zero-order chi connectivity index (χ0) is 15.9. The van der Waals surface area contributed by atoms with Gasteiger partial charge in [-0.1, -0.05) is 12.1 Å². The van der Waals surface area contributed by atoms with Gasteiger partial charge in [0.2, 0.25) is 10.0 Å². The molecular weight excluding hydrogens is 298 g/mol. The molecule has 0 N–H and O–H groups in total. The Morgan fingerprint density at radius 2 is 1.91 bits per heavy atom. The van der Waals surface area contributed by atoms with Crippen LogP contribution in [-0.4, -0.2) is 50.8 Å². The van der Waals surface area contributed by atoms with Gasteiger partial charge in [0.05, 0.1) is 10.5 Å². The van der Waals surface area contributed by atoms with Gasteiger partial charge in [-0.2, -0.15) is 9.57 Å². The van der Waals surface area contributed by atoms with Crippen LogP contribution in [0.3, 0.4) is 0 Å². The minimum atomic E-state index is -3.60. The van der Waals surface area contributed by atoms with Crippen LogP contribution in [0.1, 0.15) is 18.4 Å². The molecule has 6 heteroatoms. The molecule has 0 unspecified atom stereocenters. The van der Waals surface area contributed by atoms with Gasteiger partial charge in [0.25, 0.3) is 0 Å². The molecule has 1 aliphatic carbocycles. The van der Waals surface area contributed by atoms with E-state index in [0.29, 0.717) is 24.9 Å². The maximum atomic E-state index is 12.9. The van der Waals surface area contributed by atoms with E-state index in [2.05, 4.69) is 4.90 Å². The first-order chi connectivity index (χ1) is 10.4. The lowest BCUT2D eigenvalue weighted by Gasteiger charge is -2.24. The number of sulfonamides is 1. The van der Waals surface area contributed by atoms with Crippen LogP contribution in [0, 0.1) is 23.2 Å². The number of nitriles is 1. The van der Waals surface area contributed by atoms with E-state index in [0.717, 1.165) is 0 Å². The molecule has 0 amide bonds. The van der Waals surface area contributed by atoms with Gasteiger partial charge < -0.3 is 4.90 Å². The molecule has 1 aromatic carbocycles. The topological polar surface area (TPSA) is 64.4 Å². The van der Waals surface area contributed by atoms with Crippen molar-refractivity contribution < 1.29 is 8.42 Å². The first-order valence-electron chi connectivity index (χ1n) is 7.61. The van der Waals surface area contributed by atoms with Crippen molar-refractivity contribution in [1.82, 2.24) is 9.21 Å². The molecular formula is C16H21N3O2S. The van der Waals surface area contributed by atoms with E-state index in [1.165, 1.54) is 18.9 Å². The highest BCUT2D eigenvalue weighted by Gasteiger charge is 2.46. The molecule has 1 heterocycles. The monoisotopic (exact) mass is 319 g/mol. The molecule has 3 rings (SSSR count). The summed E-state index contributed by atoms with van der Waals surface area (Å²) in [5, 5.41) is 9.17. The Kier molecular flexibility index (Phi) is 3.98. The van der Waals surface area contributed by atoms with E-state index >= 15 is 0 Å². The molecule has 0 aromatic heterocycles. The van der Waals surface area contributed by atoms with Crippen molar-refractivity contribution in [2.75, 3.05) is 27.2 Å². The van der Waals surface area contributed by atoms with Crippen molar-refractivity contribution >= 4 is 10.0 Å². The fraction of sp³-hybridized carbons (Fsp3) is 0.562. The van der Waals surface area contributed by atoms with Crippen molar-refractivity contribution in [1.29, 1.82) is 5.26 Å². The van der Waals surface area contributed by atoms with E-state index in [1.54, 1.807) is 22.5 Å². The normalized spacial score (nSPS) is 26.3. The summed E-state index contributed by atoms with van der Waals surface area (Å²) in [6, 6.07) is 8.70. The maximum Gasteiger partial charge on any atom is 0.244 e. The highest BCUT2D eigenvalue weighted by molar-refractivity contribution is 7.89. The molecule has 2 aliphatic rings. The average Bonchev–Trinajstić information content (AvgIpc) is 3.24. The molecule has 0 bridgehead atoms. The van der Waals surface area contributed by atoms with Crippen molar-refractivity contribution in [3.05, 3.63) is 29.8 Å². The molecule has 118 valence electrons. The van der Waals surface area contributed by atoms with Gasteiger partial charge in [-0.15, -0.1) is 0 Å². The van der Waals surface area contributed by atoms with E-state index in [-0.39, 0.29) is 16.5 Å². The highest BCUT2D eigenvalue weighted by Crippen LogP contribution is 2.43. The van der Waals surface area contributed by atoms with Crippen molar-refractivity contribution in [2.24, 2.45) is 11.8 Å². The Balaban J connectivity index is 1.92. The van der Waals surface area contributed by atoms with E-state index in [1.807, 2.05) is 20.2 Å². The number of benzene rings is 1. The third-order valence-electron chi connectivity index (χ3n) is 4.82. The summed E-state index contributed by atoms with van der Waals surface area (Å²) >= 11 is 0. The van der Waals surface area contributed by atoms with Gasteiger partial charge in [0.1, 0.15) is 6.07 Å². The van der Waals surface area contributed by atoms with Gasteiger partial charge in [-0.3, -0.25) is 0 Å². The first-order valence-corrected chi connectivity index (χ1v) is 9.05. The van der Waals surface area contributed by atoms with Crippen LogP contribution in [0.2, 0.25) is 0 Å². The minimum Gasteiger partial charge on any atom is -0.305 e. The van der Waals surface area contributed by atoms with Crippen LogP contribution in [0.25, 0.3) is 0 Å². The van der Waals surface area contributed by atoms with Crippen LogP contribution in [0.5, 0.6) is 0 Å². The van der Waals surface area contributed by atoms with E-state index in [4.69, 9.17) is 0 Å². The van der Waals surface area contributed by atoms with Crippen molar-refractivity contribution in [3.63, 3.8) is 0 Å². The Bertz CT molecular complexity index is 694. The Morgan fingerprint density at radius 1 is 1.23 bits per heavy atom. The van der Waals surface area contributed by atoms with Crippen LogP contribution in [-0.2, 0) is 10.0 Å². The van der Waals surface area contributed by atoms with Crippen molar-refractivity contribution in [3.8, 4) is 6.07 Å². The smallest absolute Gasteiger partial charge is 0.244 e. The summed E-state index contributed by atoms with van der Waals surface area (Å²) in [6.07, 6.45) is 2.41. The summed E-state index contributed by atoms with van der Waals surface area (Å²) in [5.41, 5.74) is 0.221. The Hall–Kier alpha value is -1.42. The number of nitrogens with zero attached hydrogens (tertiary/aromatic N) is 3. The largest absolute Gasteiger partial charge is 0.305 e. The van der Waals surface area contributed by atoms with Crippen LogP contribution >= 0.6 is 0 Å². The number of hydrogen-bond donors (Lipinski definition) is 0. The lowest BCUT2D eigenvalue weighted by atomic mass is 9.97. The summed E-state index contributed by atoms with van der Waals surface area (Å²) in [7, 11) is 0.424. The molecule has 1 saturated carbocycles. The quantitative estimate of drug-likeness (QED) is 0.844. The SMILES string of the molecule is CN(C)[C@H]1CN(S(=O)(=O)c2ccccc2C#N)C[C@@H]1C1CC1. The standard InChI is InChI=1S/C16H21N3O2S/c1-18(2)15-11-19(10-14(15)12-7-8-12)22(20,21)16-6-4-3-5-13(16)9-17/h3-6,12,14-15H,7-8,10-11H2,1-2H3/t14-,15+/m1/s1. The highest BCUT2D eigenvalue weighted by atomic mass is 32.2. The van der Waals surface area contributed by atoms with Gasteiger partial charge >= 0.3 is 0 Å². The van der Waals surface area contributed by atoms with Crippen LogP contribution in [0.15, 0.2) is 29.2 Å². The van der Waals surface area contributed by atoms with Gasteiger partial charge in [-0.25, -0.2) is 8.42 Å². The summed E-state index contributed by atoms with van der Waals surface area (Å²) in [6.45, 7) is 1.08. The van der Waals surface area contributed by atoms with Crippen molar-refractivity contribution in [2.45, 2.75) is 23.8 Å². The number of hydrogen-bond acceptors (Lipinski definition) is 4. The Morgan fingerprint density at radius 3 is 2.50 bits per heavy atom. The average molecular weight is 319 g/mol.